The van der Waals surface area contributed by atoms with Crippen LogP contribution in [-0.4, -0.2) is 19.8 Å². The van der Waals surface area contributed by atoms with Crippen molar-refractivity contribution < 1.29 is 9.47 Å². The van der Waals surface area contributed by atoms with Gasteiger partial charge in [0.05, 0.1) is 4.47 Å². The van der Waals surface area contributed by atoms with E-state index in [1.54, 1.807) is 0 Å². The summed E-state index contributed by atoms with van der Waals surface area (Å²) in [6.45, 7) is 3.35. The first-order valence-corrected chi connectivity index (χ1v) is 8.89. The van der Waals surface area contributed by atoms with Crippen molar-refractivity contribution in [3.05, 3.63) is 22.2 Å². The fraction of sp³-hybridized carbons (Fsp3) is 0.647. The van der Waals surface area contributed by atoms with Crippen LogP contribution in [0.15, 0.2) is 16.6 Å². The molecule has 1 aromatic rings. The van der Waals surface area contributed by atoms with Gasteiger partial charge in [0.1, 0.15) is 13.2 Å². The molecule has 0 aromatic heterocycles. The summed E-state index contributed by atoms with van der Waals surface area (Å²) in [5.74, 6) is 4.66. The number of hydrogen-bond acceptors (Lipinski definition) is 3. The van der Waals surface area contributed by atoms with Gasteiger partial charge in [-0.3, -0.25) is 0 Å². The van der Waals surface area contributed by atoms with Crippen LogP contribution >= 0.6 is 15.9 Å². The largest absolute Gasteiger partial charge is 0.486 e. The van der Waals surface area contributed by atoms with Gasteiger partial charge in [0.25, 0.3) is 0 Å². The predicted molar refractivity (Wildman–Crippen MR) is 85.8 cm³/mol. The first-order valence-electron chi connectivity index (χ1n) is 8.10. The minimum Gasteiger partial charge on any atom is -0.486 e. The number of fused-ring (bicyclic) bond motifs is 1. The average Bonchev–Trinajstić information content (AvgIpc) is 3.37. The zero-order valence-electron chi connectivity index (χ0n) is 12.2. The van der Waals surface area contributed by atoms with Crippen molar-refractivity contribution in [1.29, 1.82) is 0 Å². The molecule has 21 heavy (non-hydrogen) atoms. The van der Waals surface area contributed by atoms with E-state index in [4.69, 9.17) is 9.47 Å². The standard InChI is InChI=1S/C17H22BrNO2/c18-15-7-11(8-16-17(15)21-6-5-20-16)9-19-10-14(12-1-2-12)13-3-4-13/h7-8,12-14,19H,1-6,9-10H2. The lowest BCUT2D eigenvalue weighted by atomic mass is 9.98. The van der Waals surface area contributed by atoms with Gasteiger partial charge in [-0.2, -0.15) is 0 Å². The van der Waals surface area contributed by atoms with Gasteiger partial charge in [0.2, 0.25) is 0 Å². The van der Waals surface area contributed by atoms with E-state index in [-0.39, 0.29) is 0 Å². The number of nitrogens with one attached hydrogen (secondary N) is 1. The molecule has 0 saturated heterocycles. The predicted octanol–water partition coefficient (Wildman–Crippen LogP) is 3.75. The lowest BCUT2D eigenvalue weighted by molar-refractivity contribution is 0.170. The summed E-state index contributed by atoms with van der Waals surface area (Å²) < 4.78 is 12.3. The fourth-order valence-electron chi connectivity index (χ4n) is 3.42. The van der Waals surface area contributed by atoms with Gasteiger partial charge < -0.3 is 14.8 Å². The van der Waals surface area contributed by atoms with E-state index in [2.05, 4.69) is 33.4 Å². The van der Waals surface area contributed by atoms with Crippen molar-refractivity contribution in [3.63, 3.8) is 0 Å². The Kier molecular flexibility index (Phi) is 3.84. The quantitative estimate of drug-likeness (QED) is 0.846. The minimum atomic E-state index is 0.633. The van der Waals surface area contributed by atoms with Crippen molar-refractivity contribution in [3.8, 4) is 11.5 Å². The number of hydrogen-bond donors (Lipinski definition) is 1. The molecule has 0 atom stereocenters. The van der Waals surface area contributed by atoms with Crippen LogP contribution in [0.4, 0.5) is 0 Å². The van der Waals surface area contributed by atoms with Crippen molar-refractivity contribution in [2.45, 2.75) is 32.2 Å². The van der Waals surface area contributed by atoms with Gasteiger partial charge in [0.15, 0.2) is 11.5 Å². The summed E-state index contributed by atoms with van der Waals surface area (Å²) in [5.41, 5.74) is 1.26. The second kappa shape index (κ2) is 5.81. The fourth-order valence-corrected chi connectivity index (χ4v) is 4.02. The van der Waals surface area contributed by atoms with E-state index >= 15 is 0 Å². The van der Waals surface area contributed by atoms with Crippen LogP contribution in [0, 0.1) is 17.8 Å². The van der Waals surface area contributed by atoms with E-state index < -0.39 is 0 Å². The molecule has 0 unspecified atom stereocenters. The molecule has 4 heteroatoms. The first kappa shape index (κ1) is 13.9. The van der Waals surface area contributed by atoms with Crippen LogP contribution in [-0.2, 0) is 6.54 Å². The Balaban J connectivity index is 1.37. The molecule has 3 aliphatic rings. The van der Waals surface area contributed by atoms with Crippen molar-refractivity contribution in [2.75, 3.05) is 19.8 Å². The van der Waals surface area contributed by atoms with E-state index in [0.29, 0.717) is 13.2 Å². The lowest BCUT2D eigenvalue weighted by Gasteiger charge is -2.21. The smallest absolute Gasteiger partial charge is 0.175 e. The molecule has 0 amide bonds. The molecule has 0 radical (unpaired) electrons. The van der Waals surface area contributed by atoms with E-state index in [0.717, 1.165) is 40.3 Å². The second-order valence-corrected chi connectivity index (χ2v) is 7.43. The van der Waals surface area contributed by atoms with E-state index in [1.807, 2.05) is 0 Å². The molecule has 2 aliphatic carbocycles. The van der Waals surface area contributed by atoms with Gasteiger partial charge in [0, 0.05) is 6.54 Å². The molecule has 1 aromatic carbocycles. The molecule has 1 heterocycles. The Morgan fingerprint density at radius 2 is 1.81 bits per heavy atom. The van der Waals surface area contributed by atoms with Crippen molar-refractivity contribution in [1.82, 2.24) is 5.32 Å². The number of rotatable bonds is 6. The SMILES string of the molecule is Brc1cc(CNCC(C2CC2)C2CC2)cc2c1OCCO2. The topological polar surface area (TPSA) is 30.5 Å². The third-order valence-corrected chi connectivity index (χ3v) is 5.41. The lowest BCUT2D eigenvalue weighted by Crippen LogP contribution is -2.25. The molecule has 3 nitrogen and oxygen atoms in total. The van der Waals surface area contributed by atoms with Crippen LogP contribution in [0.1, 0.15) is 31.2 Å². The van der Waals surface area contributed by atoms with Crippen LogP contribution < -0.4 is 14.8 Å². The highest BCUT2D eigenvalue weighted by atomic mass is 79.9. The average molecular weight is 352 g/mol. The zero-order chi connectivity index (χ0) is 14.2. The van der Waals surface area contributed by atoms with Crippen LogP contribution in [0.25, 0.3) is 0 Å². The second-order valence-electron chi connectivity index (χ2n) is 6.57. The Bertz CT molecular complexity index is 514. The van der Waals surface area contributed by atoms with E-state index in [9.17, 15) is 0 Å². The highest BCUT2D eigenvalue weighted by Gasteiger charge is 2.40. The molecule has 1 N–H and O–H groups in total. The zero-order valence-corrected chi connectivity index (χ0v) is 13.8. The molecule has 2 fully saturated rings. The van der Waals surface area contributed by atoms with Crippen molar-refractivity contribution in [2.24, 2.45) is 17.8 Å². The molecule has 4 rings (SSSR count). The summed E-state index contributed by atoms with van der Waals surface area (Å²) in [7, 11) is 0. The molecule has 2 saturated carbocycles. The van der Waals surface area contributed by atoms with Gasteiger partial charge in [-0.1, -0.05) is 0 Å². The van der Waals surface area contributed by atoms with Crippen molar-refractivity contribution >= 4 is 15.9 Å². The molecule has 114 valence electrons. The highest BCUT2D eigenvalue weighted by molar-refractivity contribution is 9.10. The highest BCUT2D eigenvalue weighted by Crippen LogP contribution is 2.48. The number of benzene rings is 1. The monoisotopic (exact) mass is 351 g/mol. The van der Waals surface area contributed by atoms with Crippen LogP contribution in [0.2, 0.25) is 0 Å². The Morgan fingerprint density at radius 3 is 2.52 bits per heavy atom. The Labute approximate surface area is 134 Å². The van der Waals surface area contributed by atoms with Crippen LogP contribution in [0.5, 0.6) is 11.5 Å². The van der Waals surface area contributed by atoms with Gasteiger partial charge >= 0.3 is 0 Å². The first-order chi connectivity index (χ1) is 10.3. The van der Waals surface area contributed by atoms with Crippen LogP contribution in [0.3, 0.4) is 0 Å². The van der Waals surface area contributed by atoms with E-state index in [1.165, 1.54) is 37.8 Å². The Hall–Kier alpha value is -0.740. The summed E-state index contributed by atoms with van der Waals surface area (Å²) in [6, 6.07) is 4.25. The number of ether oxygens (including phenoxy) is 2. The molecule has 0 bridgehead atoms. The van der Waals surface area contributed by atoms with Gasteiger partial charge in [-0.05, 0) is 83.6 Å². The summed E-state index contributed by atoms with van der Waals surface area (Å²) >= 11 is 3.59. The summed E-state index contributed by atoms with van der Waals surface area (Å²) in [5, 5.41) is 3.66. The maximum atomic E-state index is 5.69. The number of halogens is 1. The third kappa shape index (κ3) is 3.21. The summed E-state index contributed by atoms with van der Waals surface area (Å²) in [4.78, 5) is 0. The van der Waals surface area contributed by atoms with Gasteiger partial charge in [-0.25, -0.2) is 0 Å². The van der Waals surface area contributed by atoms with Gasteiger partial charge in [-0.15, -0.1) is 0 Å². The summed E-state index contributed by atoms with van der Waals surface area (Å²) in [6.07, 6.45) is 5.83. The minimum absolute atomic E-state index is 0.633. The molecular formula is C17H22BrNO2. The third-order valence-electron chi connectivity index (χ3n) is 4.82. The molecular weight excluding hydrogens is 330 g/mol. The maximum Gasteiger partial charge on any atom is 0.175 e. The molecule has 0 spiro atoms. The maximum absolute atomic E-state index is 5.69. The normalized spacial score (nSPS) is 20.9. The Morgan fingerprint density at radius 1 is 1.10 bits per heavy atom. The molecule has 1 aliphatic heterocycles.